The van der Waals surface area contributed by atoms with Crippen LogP contribution in [0.4, 0.5) is 8.78 Å². The van der Waals surface area contributed by atoms with Crippen LogP contribution in [0.2, 0.25) is 0 Å². The Morgan fingerprint density at radius 1 is 1.06 bits per heavy atom. The second-order valence-electron chi connectivity index (χ2n) is 3.41. The average molecular weight is 224 g/mol. The number of halogens is 2. The third kappa shape index (κ3) is 1.36. The molecule has 0 N–H and O–H groups in total. The van der Waals surface area contributed by atoms with Crippen molar-refractivity contribution in [2.75, 3.05) is 0 Å². The van der Waals surface area contributed by atoms with Crippen molar-refractivity contribution in [2.45, 2.75) is 6.43 Å². The fourth-order valence-electron chi connectivity index (χ4n) is 1.73. The minimum absolute atomic E-state index is 0.0477. The van der Waals surface area contributed by atoms with Gasteiger partial charge in [0.15, 0.2) is 11.6 Å². The molecule has 0 spiro atoms. The number of carbonyl (C=O) groups excluding carboxylic acids is 3. The van der Waals surface area contributed by atoms with Gasteiger partial charge in [-0.2, -0.15) is 0 Å². The molecule has 0 amide bonds. The molecule has 0 atom stereocenters. The number of ketones is 3. The van der Waals surface area contributed by atoms with Crippen molar-refractivity contribution in [3.63, 3.8) is 0 Å². The van der Waals surface area contributed by atoms with E-state index in [1.807, 2.05) is 0 Å². The standard InChI is InChI=1S/C11H6F2O3/c12-11(13)10(16)7-8(14)5-3-1-2-4-6(5)9(7)15/h1-4,7,11H. The molecule has 0 aliphatic heterocycles. The van der Waals surface area contributed by atoms with Gasteiger partial charge in [0.05, 0.1) is 0 Å². The van der Waals surface area contributed by atoms with Crippen LogP contribution in [0.3, 0.4) is 0 Å². The van der Waals surface area contributed by atoms with Crippen molar-refractivity contribution in [3.8, 4) is 0 Å². The van der Waals surface area contributed by atoms with Crippen LogP contribution in [0.1, 0.15) is 20.7 Å². The maximum Gasteiger partial charge on any atom is 0.297 e. The zero-order valence-corrected chi connectivity index (χ0v) is 7.94. The van der Waals surface area contributed by atoms with Crippen LogP contribution < -0.4 is 0 Å². The molecule has 0 bridgehead atoms. The van der Waals surface area contributed by atoms with Crippen LogP contribution >= 0.6 is 0 Å². The fourth-order valence-corrected chi connectivity index (χ4v) is 1.73. The van der Waals surface area contributed by atoms with Gasteiger partial charge < -0.3 is 0 Å². The van der Waals surface area contributed by atoms with Crippen LogP contribution in [-0.4, -0.2) is 23.8 Å². The van der Waals surface area contributed by atoms with E-state index in [1.54, 1.807) is 0 Å². The zero-order chi connectivity index (χ0) is 11.9. The second-order valence-corrected chi connectivity index (χ2v) is 3.41. The van der Waals surface area contributed by atoms with Gasteiger partial charge in [-0.15, -0.1) is 0 Å². The van der Waals surface area contributed by atoms with Crippen molar-refractivity contribution in [3.05, 3.63) is 35.4 Å². The Labute approximate surface area is 89.1 Å². The molecule has 82 valence electrons. The second kappa shape index (κ2) is 3.59. The summed E-state index contributed by atoms with van der Waals surface area (Å²) in [6.07, 6.45) is -3.30. The monoisotopic (exact) mass is 224 g/mol. The molecule has 1 aliphatic carbocycles. The molecule has 0 unspecified atom stereocenters. The summed E-state index contributed by atoms with van der Waals surface area (Å²) in [7, 11) is 0. The molecule has 5 heteroatoms. The zero-order valence-electron chi connectivity index (χ0n) is 7.94. The number of alkyl halides is 2. The lowest BCUT2D eigenvalue weighted by molar-refractivity contribution is -0.130. The van der Waals surface area contributed by atoms with Gasteiger partial charge in [0.2, 0.25) is 5.78 Å². The Hall–Kier alpha value is -1.91. The largest absolute Gasteiger partial charge is 0.297 e. The number of rotatable bonds is 2. The lowest BCUT2D eigenvalue weighted by Gasteiger charge is -2.03. The predicted octanol–water partition coefficient (Wildman–Crippen LogP) is 1.52. The number of benzene rings is 1. The SMILES string of the molecule is O=C1c2ccccc2C(=O)C1C(=O)C(F)F. The average Bonchev–Trinajstić information content (AvgIpc) is 2.52. The van der Waals surface area contributed by atoms with Crippen molar-refractivity contribution >= 4 is 17.3 Å². The van der Waals surface area contributed by atoms with Crippen LogP contribution in [0, 0.1) is 5.92 Å². The van der Waals surface area contributed by atoms with Crippen molar-refractivity contribution in [1.82, 2.24) is 0 Å². The Morgan fingerprint density at radius 2 is 1.50 bits per heavy atom. The third-order valence-corrected chi connectivity index (χ3v) is 2.48. The molecule has 1 aromatic rings. The van der Waals surface area contributed by atoms with Crippen LogP contribution in [0.5, 0.6) is 0 Å². The van der Waals surface area contributed by atoms with E-state index in [4.69, 9.17) is 0 Å². The van der Waals surface area contributed by atoms with Crippen LogP contribution in [-0.2, 0) is 4.79 Å². The summed E-state index contributed by atoms with van der Waals surface area (Å²) < 4.78 is 24.4. The van der Waals surface area contributed by atoms with E-state index < -0.39 is 29.7 Å². The molecule has 0 aromatic heterocycles. The van der Waals surface area contributed by atoms with Crippen molar-refractivity contribution in [2.24, 2.45) is 5.92 Å². The number of hydrogen-bond donors (Lipinski definition) is 0. The number of Topliss-reactive ketones (excluding diaryl/α,β-unsaturated/α-hetero) is 3. The van der Waals surface area contributed by atoms with Crippen molar-refractivity contribution < 1.29 is 23.2 Å². The van der Waals surface area contributed by atoms with Crippen LogP contribution in [0.15, 0.2) is 24.3 Å². The molecule has 1 aromatic carbocycles. The number of hydrogen-bond acceptors (Lipinski definition) is 3. The quantitative estimate of drug-likeness (QED) is 0.715. The highest BCUT2D eigenvalue weighted by Crippen LogP contribution is 2.28. The van der Waals surface area contributed by atoms with E-state index >= 15 is 0 Å². The van der Waals surface area contributed by atoms with Gasteiger partial charge in [0, 0.05) is 11.1 Å². The first-order valence-electron chi connectivity index (χ1n) is 4.53. The highest BCUT2D eigenvalue weighted by molar-refractivity contribution is 6.35. The van der Waals surface area contributed by atoms with Gasteiger partial charge in [-0.3, -0.25) is 14.4 Å². The molecule has 0 saturated carbocycles. The van der Waals surface area contributed by atoms with Crippen LogP contribution in [0.25, 0.3) is 0 Å². The molecule has 0 saturated heterocycles. The van der Waals surface area contributed by atoms with Gasteiger partial charge in [0.1, 0.15) is 5.92 Å². The van der Waals surface area contributed by atoms with E-state index in [-0.39, 0.29) is 11.1 Å². The summed E-state index contributed by atoms with van der Waals surface area (Å²) >= 11 is 0. The van der Waals surface area contributed by atoms with E-state index in [0.29, 0.717) is 0 Å². The highest BCUT2D eigenvalue weighted by atomic mass is 19.3. The minimum atomic E-state index is -3.30. The molecular formula is C11H6F2O3. The van der Waals surface area contributed by atoms with E-state index in [2.05, 4.69) is 0 Å². The topological polar surface area (TPSA) is 51.2 Å². The van der Waals surface area contributed by atoms with Gasteiger partial charge in [-0.1, -0.05) is 24.3 Å². The van der Waals surface area contributed by atoms with Crippen molar-refractivity contribution in [1.29, 1.82) is 0 Å². The first kappa shape index (κ1) is 10.6. The Balaban J connectivity index is 2.47. The molecule has 0 fully saturated rings. The molecule has 1 aliphatic rings. The van der Waals surface area contributed by atoms with Gasteiger partial charge in [-0.05, 0) is 0 Å². The highest BCUT2D eigenvalue weighted by Gasteiger charge is 2.45. The molecule has 0 radical (unpaired) electrons. The third-order valence-electron chi connectivity index (χ3n) is 2.48. The van der Waals surface area contributed by atoms with Gasteiger partial charge in [-0.25, -0.2) is 8.78 Å². The van der Waals surface area contributed by atoms with Gasteiger partial charge in [0.25, 0.3) is 6.43 Å². The fraction of sp³-hybridized carbons (Fsp3) is 0.182. The smallest absolute Gasteiger partial charge is 0.293 e. The minimum Gasteiger partial charge on any atom is -0.293 e. The lowest BCUT2D eigenvalue weighted by atomic mass is 9.99. The molecule has 16 heavy (non-hydrogen) atoms. The van der Waals surface area contributed by atoms with E-state index in [1.165, 1.54) is 24.3 Å². The summed E-state index contributed by atoms with van der Waals surface area (Å²) in [5.74, 6) is -5.12. The summed E-state index contributed by atoms with van der Waals surface area (Å²) in [4.78, 5) is 34.2. The predicted molar refractivity (Wildman–Crippen MR) is 49.6 cm³/mol. The first-order valence-corrected chi connectivity index (χ1v) is 4.53. The lowest BCUT2D eigenvalue weighted by Crippen LogP contribution is -2.30. The normalized spacial score (nSPS) is 15.7. The summed E-state index contributed by atoms with van der Waals surface area (Å²) in [6.45, 7) is 0. The first-order chi connectivity index (χ1) is 7.54. The maximum absolute atomic E-state index is 12.2. The molecule has 3 nitrogen and oxygen atoms in total. The van der Waals surface area contributed by atoms with E-state index in [0.717, 1.165) is 0 Å². The summed E-state index contributed by atoms with van der Waals surface area (Å²) in [5.41, 5.74) is 0.0954. The molecule has 2 rings (SSSR count). The molecular weight excluding hydrogens is 218 g/mol. The number of carbonyl (C=O) groups is 3. The Kier molecular flexibility index (Phi) is 2.38. The summed E-state index contributed by atoms with van der Waals surface area (Å²) in [6, 6.07) is 5.74. The van der Waals surface area contributed by atoms with E-state index in [9.17, 15) is 23.2 Å². The summed E-state index contributed by atoms with van der Waals surface area (Å²) in [5, 5.41) is 0. The Bertz CT molecular complexity index is 459. The molecule has 0 heterocycles. The Morgan fingerprint density at radius 3 is 1.88 bits per heavy atom. The maximum atomic E-state index is 12.2. The van der Waals surface area contributed by atoms with Gasteiger partial charge >= 0.3 is 0 Å². The number of fused-ring (bicyclic) bond motifs is 1.